The van der Waals surface area contributed by atoms with Gasteiger partial charge in [-0.3, -0.25) is 4.98 Å². The molecule has 0 radical (unpaired) electrons. The summed E-state index contributed by atoms with van der Waals surface area (Å²) < 4.78 is 31.8. The highest BCUT2D eigenvalue weighted by atomic mass is 32.2. The number of hydrogen-bond acceptors (Lipinski definition) is 6. The van der Waals surface area contributed by atoms with E-state index in [1.165, 1.54) is 6.20 Å². The third-order valence-electron chi connectivity index (χ3n) is 6.02. The van der Waals surface area contributed by atoms with Crippen LogP contribution in [0.1, 0.15) is 46.1 Å². The summed E-state index contributed by atoms with van der Waals surface area (Å²) in [5.74, 6) is 5.68. The van der Waals surface area contributed by atoms with E-state index in [0.29, 0.717) is 47.0 Å². The molecule has 0 spiro atoms. The molecule has 2 aromatic heterocycles. The zero-order chi connectivity index (χ0) is 26.4. The first-order chi connectivity index (χ1) is 17.8. The lowest BCUT2D eigenvalue weighted by Gasteiger charge is -2.11. The molecule has 0 fully saturated rings. The standard InChI is InChI=1S/C29H26N2O5S/c1-3-21-18-20(19-31-27(21)29(32)33)12-13-23-9-5-4-8-22(23)10-7-17-37(34,35)26-15-14-25(36-2)24-11-6-16-30-28(24)26/h4-6,8-9,11,14-16,18-19H,3,7,10,17H2,1-2H3,(H,32,33). The topological polar surface area (TPSA) is 106 Å². The van der Waals surface area contributed by atoms with Crippen molar-refractivity contribution in [2.24, 2.45) is 0 Å². The molecule has 0 aliphatic rings. The number of benzene rings is 2. The molecule has 2 aromatic carbocycles. The lowest BCUT2D eigenvalue weighted by atomic mass is 10.0. The summed E-state index contributed by atoms with van der Waals surface area (Å²) in [6, 6.07) is 16.1. The second-order valence-electron chi connectivity index (χ2n) is 8.39. The number of ether oxygens (including phenoxy) is 1. The van der Waals surface area contributed by atoms with Gasteiger partial charge in [-0.1, -0.05) is 37.0 Å². The van der Waals surface area contributed by atoms with Crippen LogP contribution in [0.4, 0.5) is 0 Å². The minimum atomic E-state index is -3.58. The second kappa shape index (κ2) is 11.2. The number of nitrogens with zero attached hydrogens (tertiary/aromatic N) is 2. The van der Waals surface area contributed by atoms with Crippen LogP contribution in [0.5, 0.6) is 5.75 Å². The molecule has 0 saturated heterocycles. The molecule has 37 heavy (non-hydrogen) atoms. The van der Waals surface area contributed by atoms with E-state index in [-0.39, 0.29) is 16.3 Å². The summed E-state index contributed by atoms with van der Waals surface area (Å²) in [4.78, 5) is 19.9. The van der Waals surface area contributed by atoms with Crippen molar-refractivity contribution >= 4 is 26.7 Å². The van der Waals surface area contributed by atoms with Crippen LogP contribution in [0.3, 0.4) is 0 Å². The Morgan fingerprint density at radius 3 is 2.59 bits per heavy atom. The van der Waals surface area contributed by atoms with Gasteiger partial charge in [0.1, 0.15) is 5.75 Å². The number of aryl methyl sites for hydroxylation is 2. The van der Waals surface area contributed by atoms with E-state index in [0.717, 1.165) is 11.1 Å². The smallest absolute Gasteiger partial charge is 0.354 e. The van der Waals surface area contributed by atoms with E-state index in [1.807, 2.05) is 31.2 Å². The Labute approximate surface area is 216 Å². The number of rotatable bonds is 8. The molecule has 7 nitrogen and oxygen atoms in total. The number of carboxylic acids is 1. The van der Waals surface area contributed by atoms with Crippen LogP contribution in [-0.2, 0) is 22.7 Å². The zero-order valence-corrected chi connectivity index (χ0v) is 21.4. The van der Waals surface area contributed by atoms with E-state index < -0.39 is 15.8 Å². The largest absolute Gasteiger partial charge is 0.496 e. The van der Waals surface area contributed by atoms with E-state index in [9.17, 15) is 18.3 Å². The maximum atomic E-state index is 13.2. The summed E-state index contributed by atoms with van der Waals surface area (Å²) in [6.07, 6.45) is 4.51. The van der Waals surface area contributed by atoms with Gasteiger partial charge in [0.25, 0.3) is 0 Å². The highest BCUT2D eigenvalue weighted by Crippen LogP contribution is 2.30. The van der Waals surface area contributed by atoms with Crippen LogP contribution in [0, 0.1) is 11.8 Å². The van der Waals surface area contributed by atoms with Crippen molar-refractivity contribution in [2.75, 3.05) is 12.9 Å². The highest BCUT2D eigenvalue weighted by molar-refractivity contribution is 7.91. The summed E-state index contributed by atoms with van der Waals surface area (Å²) in [5.41, 5.74) is 3.42. The SMILES string of the molecule is CCc1cc(C#Cc2ccccc2CCCS(=O)(=O)c2ccc(OC)c3cccnc23)cnc1C(=O)O. The van der Waals surface area contributed by atoms with E-state index in [4.69, 9.17) is 4.74 Å². The van der Waals surface area contributed by atoms with Gasteiger partial charge < -0.3 is 9.84 Å². The van der Waals surface area contributed by atoms with Crippen molar-refractivity contribution in [3.8, 4) is 17.6 Å². The third-order valence-corrected chi connectivity index (χ3v) is 7.84. The van der Waals surface area contributed by atoms with Crippen LogP contribution in [-0.4, -0.2) is 42.3 Å². The quantitative estimate of drug-likeness (QED) is 0.340. The van der Waals surface area contributed by atoms with Gasteiger partial charge in [0.2, 0.25) is 0 Å². The zero-order valence-electron chi connectivity index (χ0n) is 20.6. The Morgan fingerprint density at radius 2 is 1.84 bits per heavy atom. The maximum absolute atomic E-state index is 13.2. The van der Waals surface area contributed by atoms with E-state index in [1.54, 1.807) is 43.6 Å². The number of carboxylic acid groups (broad SMARTS) is 1. The van der Waals surface area contributed by atoms with Crippen LogP contribution in [0.2, 0.25) is 0 Å². The van der Waals surface area contributed by atoms with Crippen LogP contribution >= 0.6 is 0 Å². The van der Waals surface area contributed by atoms with Crippen LogP contribution in [0.15, 0.2) is 71.9 Å². The molecular weight excluding hydrogens is 488 g/mol. The Bertz CT molecular complexity index is 1640. The first kappa shape index (κ1) is 25.9. The molecule has 0 saturated carbocycles. The molecule has 0 amide bonds. The monoisotopic (exact) mass is 514 g/mol. The number of aromatic carboxylic acids is 1. The Morgan fingerprint density at radius 1 is 1.03 bits per heavy atom. The molecule has 0 aliphatic carbocycles. The summed E-state index contributed by atoms with van der Waals surface area (Å²) >= 11 is 0. The predicted molar refractivity (Wildman–Crippen MR) is 142 cm³/mol. The van der Waals surface area contributed by atoms with Crippen molar-refractivity contribution in [1.82, 2.24) is 9.97 Å². The van der Waals surface area contributed by atoms with Crippen LogP contribution < -0.4 is 4.74 Å². The summed E-state index contributed by atoms with van der Waals surface area (Å²) in [7, 11) is -2.04. The van der Waals surface area contributed by atoms with Gasteiger partial charge in [0.05, 0.1) is 23.3 Å². The molecule has 0 atom stereocenters. The molecule has 0 bridgehead atoms. The van der Waals surface area contributed by atoms with Crippen molar-refractivity contribution in [3.05, 3.63) is 94.9 Å². The normalized spacial score (nSPS) is 11.1. The van der Waals surface area contributed by atoms with Gasteiger partial charge in [-0.25, -0.2) is 18.2 Å². The summed E-state index contributed by atoms with van der Waals surface area (Å²) in [6.45, 7) is 1.87. The minimum absolute atomic E-state index is 0.0345. The Hall–Kier alpha value is -4.22. The van der Waals surface area contributed by atoms with Gasteiger partial charge in [-0.15, -0.1) is 0 Å². The average molecular weight is 515 g/mol. The molecular formula is C29H26N2O5S. The van der Waals surface area contributed by atoms with Crippen molar-refractivity contribution in [1.29, 1.82) is 0 Å². The fourth-order valence-corrected chi connectivity index (χ4v) is 5.63. The Kier molecular flexibility index (Phi) is 7.85. The molecule has 4 rings (SSSR count). The molecule has 0 aliphatic heterocycles. The molecule has 8 heteroatoms. The van der Waals surface area contributed by atoms with Gasteiger partial charge in [-0.05, 0) is 66.8 Å². The first-order valence-electron chi connectivity index (χ1n) is 11.8. The van der Waals surface area contributed by atoms with E-state index >= 15 is 0 Å². The number of fused-ring (bicyclic) bond motifs is 1. The van der Waals surface area contributed by atoms with Crippen LogP contribution in [0.25, 0.3) is 10.9 Å². The van der Waals surface area contributed by atoms with E-state index in [2.05, 4.69) is 21.8 Å². The Balaban J connectivity index is 1.52. The number of aromatic nitrogens is 2. The lowest BCUT2D eigenvalue weighted by Crippen LogP contribution is -2.09. The molecule has 188 valence electrons. The van der Waals surface area contributed by atoms with Gasteiger partial charge in [-0.2, -0.15) is 0 Å². The average Bonchev–Trinajstić information content (AvgIpc) is 2.91. The number of sulfone groups is 1. The lowest BCUT2D eigenvalue weighted by molar-refractivity contribution is 0.0689. The molecule has 4 aromatic rings. The first-order valence-corrected chi connectivity index (χ1v) is 13.5. The maximum Gasteiger partial charge on any atom is 0.354 e. The second-order valence-corrected chi connectivity index (χ2v) is 10.5. The van der Waals surface area contributed by atoms with Gasteiger partial charge >= 0.3 is 5.97 Å². The van der Waals surface area contributed by atoms with Crippen molar-refractivity contribution in [3.63, 3.8) is 0 Å². The highest BCUT2D eigenvalue weighted by Gasteiger charge is 2.20. The molecule has 0 unspecified atom stereocenters. The fraction of sp³-hybridized carbons (Fsp3) is 0.207. The predicted octanol–water partition coefficient (Wildman–Crippen LogP) is 4.71. The third kappa shape index (κ3) is 5.79. The fourth-order valence-electron chi connectivity index (χ4n) is 4.15. The molecule has 1 N–H and O–H groups in total. The number of carbonyl (C=O) groups is 1. The minimum Gasteiger partial charge on any atom is -0.496 e. The number of pyridine rings is 2. The van der Waals surface area contributed by atoms with Gasteiger partial charge in [0, 0.05) is 28.9 Å². The van der Waals surface area contributed by atoms with Crippen molar-refractivity contribution < 1.29 is 23.1 Å². The van der Waals surface area contributed by atoms with Crippen molar-refractivity contribution in [2.45, 2.75) is 31.1 Å². The molecule has 2 heterocycles. The number of hydrogen-bond donors (Lipinski definition) is 1. The number of methoxy groups -OCH3 is 1. The van der Waals surface area contributed by atoms with Gasteiger partial charge in [0.15, 0.2) is 15.5 Å². The summed E-state index contributed by atoms with van der Waals surface area (Å²) in [5, 5.41) is 9.93.